The number of aromatic amines is 1. The topological polar surface area (TPSA) is 15.8 Å². The average Bonchev–Trinajstić information content (AvgIpc) is 3.06. The van der Waals surface area contributed by atoms with Gasteiger partial charge >= 0.3 is 0 Å². The van der Waals surface area contributed by atoms with Crippen molar-refractivity contribution in [3.63, 3.8) is 0 Å². The molecule has 3 aromatic rings. The predicted molar refractivity (Wildman–Crippen MR) is 108 cm³/mol. The highest BCUT2D eigenvalue weighted by Crippen LogP contribution is 2.66. The number of para-hydroxylation sites is 1. The van der Waals surface area contributed by atoms with E-state index in [0.717, 1.165) is 11.8 Å². The smallest absolute Gasteiger partial charge is 0.0456 e. The van der Waals surface area contributed by atoms with Crippen molar-refractivity contribution < 1.29 is 0 Å². The van der Waals surface area contributed by atoms with Crippen molar-refractivity contribution in [3.05, 3.63) is 71.4 Å². The summed E-state index contributed by atoms with van der Waals surface area (Å²) in [6, 6.07) is 20.8. The molecule has 1 heteroatoms. The molecule has 4 fully saturated rings. The van der Waals surface area contributed by atoms with Gasteiger partial charge in [-0.3, -0.25) is 0 Å². The predicted octanol–water partition coefficient (Wildman–Crippen LogP) is 6.27. The lowest BCUT2D eigenvalue weighted by Crippen LogP contribution is -2.56. The van der Waals surface area contributed by atoms with E-state index in [2.05, 4.69) is 66.5 Å². The zero-order valence-corrected chi connectivity index (χ0v) is 15.6. The van der Waals surface area contributed by atoms with Gasteiger partial charge in [0.25, 0.3) is 0 Å². The van der Waals surface area contributed by atoms with E-state index in [1.165, 1.54) is 60.7 Å². The minimum atomic E-state index is 0.369. The van der Waals surface area contributed by atoms with Crippen LogP contribution >= 0.6 is 0 Å². The van der Waals surface area contributed by atoms with Gasteiger partial charge in [-0.1, -0.05) is 48.0 Å². The van der Waals surface area contributed by atoms with Crippen molar-refractivity contribution in [2.45, 2.75) is 56.3 Å². The number of hydrogen-bond acceptors (Lipinski definition) is 0. The first-order valence-electron chi connectivity index (χ1n) is 10.3. The lowest BCUT2D eigenvalue weighted by molar-refractivity contribution is -0.0296. The van der Waals surface area contributed by atoms with Gasteiger partial charge in [0.15, 0.2) is 0 Å². The van der Waals surface area contributed by atoms with Gasteiger partial charge in [0.05, 0.1) is 0 Å². The maximum Gasteiger partial charge on any atom is 0.0456 e. The normalized spacial score (nSPS) is 35.3. The molecular formula is C25H27N. The molecule has 4 bridgehead atoms. The van der Waals surface area contributed by atoms with Crippen molar-refractivity contribution in [1.29, 1.82) is 0 Å². The lowest BCUT2D eigenvalue weighted by atomic mass is 9.42. The first kappa shape index (κ1) is 15.1. The Morgan fingerprint density at radius 3 is 2.27 bits per heavy atom. The molecule has 1 N–H and O–H groups in total. The Balaban J connectivity index is 1.48. The second-order valence-corrected chi connectivity index (χ2v) is 9.66. The van der Waals surface area contributed by atoms with E-state index >= 15 is 0 Å². The third-order valence-electron chi connectivity index (χ3n) is 7.83. The molecule has 0 unspecified atom stereocenters. The number of benzene rings is 2. The van der Waals surface area contributed by atoms with Crippen LogP contribution in [0.3, 0.4) is 0 Å². The van der Waals surface area contributed by atoms with Gasteiger partial charge in [-0.15, -0.1) is 0 Å². The maximum absolute atomic E-state index is 3.83. The molecule has 1 nitrogen and oxygen atoms in total. The second kappa shape index (κ2) is 5.03. The molecule has 2 atom stereocenters. The fourth-order valence-corrected chi connectivity index (χ4v) is 7.18. The summed E-state index contributed by atoms with van der Waals surface area (Å²) >= 11 is 0. The average molecular weight is 341 g/mol. The zero-order chi connectivity index (χ0) is 17.4. The van der Waals surface area contributed by atoms with Gasteiger partial charge in [0.2, 0.25) is 0 Å². The number of fused-ring (bicyclic) bond motifs is 1. The molecule has 132 valence electrons. The monoisotopic (exact) mass is 341 g/mol. The molecule has 26 heavy (non-hydrogen) atoms. The standard InChI is InChI=1S/C25H27N/c1-17-6-8-21(9-7-17)24-12-18-10-19(13-24)15-25(14-18,16-24)23-11-20-4-2-3-5-22(20)26-23/h2-9,11,18-19,26H,10,12-16H2,1H3/t18-,19-,24?,25?/m0/s1. The molecule has 1 aromatic heterocycles. The molecule has 2 aromatic carbocycles. The molecule has 1 heterocycles. The Labute approximate surface area is 155 Å². The summed E-state index contributed by atoms with van der Waals surface area (Å²) in [4.78, 5) is 3.83. The third kappa shape index (κ3) is 2.03. The Hall–Kier alpha value is -2.02. The lowest BCUT2D eigenvalue weighted by Gasteiger charge is -2.62. The van der Waals surface area contributed by atoms with Gasteiger partial charge < -0.3 is 4.98 Å². The summed E-state index contributed by atoms with van der Waals surface area (Å²) < 4.78 is 0. The highest BCUT2D eigenvalue weighted by molar-refractivity contribution is 5.80. The van der Waals surface area contributed by atoms with Gasteiger partial charge in [-0.25, -0.2) is 0 Å². The van der Waals surface area contributed by atoms with Crippen molar-refractivity contribution in [3.8, 4) is 0 Å². The largest absolute Gasteiger partial charge is 0.358 e. The number of aryl methyl sites for hydroxylation is 1. The van der Waals surface area contributed by atoms with Gasteiger partial charge in [0.1, 0.15) is 0 Å². The van der Waals surface area contributed by atoms with Crippen LogP contribution in [-0.4, -0.2) is 4.98 Å². The molecule has 0 saturated heterocycles. The Kier molecular flexibility index (Phi) is 2.92. The number of rotatable bonds is 2. The number of nitrogens with one attached hydrogen (secondary N) is 1. The van der Waals surface area contributed by atoms with E-state index in [-0.39, 0.29) is 0 Å². The number of hydrogen-bond donors (Lipinski definition) is 1. The van der Waals surface area contributed by atoms with Crippen LogP contribution in [0.1, 0.15) is 55.3 Å². The van der Waals surface area contributed by atoms with E-state index in [0.29, 0.717) is 10.8 Å². The SMILES string of the molecule is Cc1ccc(C23C[C@@H]4C[C@@H](C2)CC(c2cc5ccccc5[nH]2)(C4)C3)cc1. The quantitative estimate of drug-likeness (QED) is 0.566. The van der Waals surface area contributed by atoms with Gasteiger partial charge in [-0.05, 0) is 85.8 Å². The van der Waals surface area contributed by atoms with Crippen LogP contribution in [0.5, 0.6) is 0 Å². The number of H-pyrrole nitrogens is 1. The zero-order valence-electron chi connectivity index (χ0n) is 15.6. The van der Waals surface area contributed by atoms with E-state index in [4.69, 9.17) is 0 Å². The summed E-state index contributed by atoms with van der Waals surface area (Å²) in [6.07, 6.45) is 8.41. The van der Waals surface area contributed by atoms with Crippen molar-refractivity contribution in [2.75, 3.05) is 0 Å². The number of aromatic nitrogens is 1. The molecule has 0 aliphatic heterocycles. The second-order valence-electron chi connectivity index (χ2n) is 9.66. The molecule has 0 spiro atoms. The summed E-state index contributed by atoms with van der Waals surface area (Å²) in [5, 5.41) is 1.38. The summed E-state index contributed by atoms with van der Waals surface area (Å²) in [5.41, 5.74) is 6.59. The third-order valence-corrected chi connectivity index (χ3v) is 7.83. The first-order chi connectivity index (χ1) is 12.6. The first-order valence-corrected chi connectivity index (χ1v) is 10.3. The van der Waals surface area contributed by atoms with Crippen molar-refractivity contribution >= 4 is 10.9 Å². The highest BCUT2D eigenvalue weighted by atomic mass is 14.8. The van der Waals surface area contributed by atoms with Gasteiger partial charge in [-0.2, -0.15) is 0 Å². The summed E-state index contributed by atoms with van der Waals surface area (Å²) in [6.45, 7) is 2.20. The molecule has 7 rings (SSSR count). The minimum Gasteiger partial charge on any atom is -0.358 e. The van der Waals surface area contributed by atoms with Gasteiger partial charge in [0, 0.05) is 16.6 Å². The van der Waals surface area contributed by atoms with Crippen LogP contribution in [0.2, 0.25) is 0 Å². The summed E-state index contributed by atoms with van der Waals surface area (Å²) in [5.74, 6) is 1.81. The molecule has 4 saturated carbocycles. The van der Waals surface area contributed by atoms with Crippen LogP contribution in [0.15, 0.2) is 54.6 Å². The molecule has 4 aliphatic rings. The van der Waals surface area contributed by atoms with Crippen LogP contribution in [-0.2, 0) is 10.8 Å². The van der Waals surface area contributed by atoms with E-state index < -0.39 is 0 Å². The minimum absolute atomic E-state index is 0.369. The molecule has 0 amide bonds. The fourth-order valence-electron chi connectivity index (χ4n) is 7.18. The molecular weight excluding hydrogens is 314 g/mol. The maximum atomic E-state index is 3.83. The molecule has 0 radical (unpaired) electrons. The van der Waals surface area contributed by atoms with Crippen LogP contribution in [0, 0.1) is 18.8 Å². The van der Waals surface area contributed by atoms with Crippen molar-refractivity contribution in [1.82, 2.24) is 4.98 Å². The Morgan fingerprint density at radius 2 is 1.54 bits per heavy atom. The highest BCUT2D eigenvalue weighted by Gasteiger charge is 2.59. The molecule has 4 aliphatic carbocycles. The van der Waals surface area contributed by atoms with E-state index in [9.17, 15) is 0 Å². The van der Waals surface area contributed by atoms with Crippen LogP contribution in [0.25, 0.3) is 10.9 Å². The fraction of sp³-hybridized carbons (Fsp3) is 0.440. The van der Waals surface area contributed by atoms with Crippen molar-refractivity contribution in [2.24, 2.45) is 11.8 Å². The summed E-state index contributed by atoms with van der Waals surface area (Å²) in [7, 11) is 0. The Morgan fingerprint density at radius 1 is 0.846 bits per heavy atom. The van der Waals surface area contributed by atoms with Crippen LogP contribution in [0.4, 0.5) is 0 Å². The van der Waals surface area contributed by atoms with E-state index in [1.807, 2.05) is 0 Å². The van der Waals surface area contributed by atoms with Crippen LogP contribution < -0.4 is 0 Å². The van der Waals surface area contributed by atoms with E-state index in [1.54, 1.807) is 5.56 Å². The Bertz CT molecular complexity index is 930.